The molecule has 1 aliphatic rings. The van der Waals surface area contributed by atoms with Crippen LogP contribution in [0, 0.1) is 5.41 Å². The molecule has 0 radical (unpaired) electrons. The van der Waals surface area contributed by atoms with Crippen LogP contribution in [0.2, 0.25) is 0 Å². The van der Waals surface area contributed by atoms with Crippen LogP contribution < -0.4 is 10.5 Å². The van der Waals surface area contributed by atoms with Gasteiger partial charge in [-0.15, -0.1) is 0 Å². The fraction of sp³-hybridized carbons (Fsp3) is 0.571. The fourth-order valence-electron chi connectivity index (χ4n) is 2.52. The number of ether oxygens (including phenoxy) is 1. The Balaban J connectivity index is 2.11. The number of likely N-dealkylation sites (tertiary alicyclic amines) is 1. The topological polar surface area (TPSA) is 38.5 Å². The molecule has 0 unspecified atom stereocenters. The fourth-order valence-corrected chi connectivity index (χ4v) is 2.52. The van der Waals surface area contributed by atoms with Crippen LogP contribution in [0.4, 0.5) is 5.69 Å². The predicted molar refractivity (Wildman–Crippen MR) is 71.1 cm³/mol. The minimum Gasteiger partial charge on any atom is -0.496 e. The van der Waals surface area contributed by atoms with Crippen molar-refractivity contribution in [1.82, 2.24) is 4.90 Å². The van der Waals surface area contributed by atoms with Crippen LogP contribution in [-0.4, -0.2) is 25.1 Å². The lowest BCUT2D eigenvalue weighted by atomic mass is 9.93. The third-order valence-corrected chi connectivity index (χ3v) is 3.45. The normalized spacial score (nSPS) is 19.5. The van der Waals surface area contributed by atoms with Gasteiger partial charge in [0.2, 0.25) is 0 Å². The highest BCUT2D eigenvalue weighted by Crippen LogP contribution is 2.31. The summed E-state index contributed by atoms with van der Waals surface area (Å²) < 4.78 is 5.38. The lowest BCUT2D eigenvalue weighted by molar-refractivity contribution is 0.279. The van der Waals surface area contributed by atoms with E-state index in [9.17, 15) is 0 Å². The Labute approximate surface area is 104 Å². The summed E-state index contributed by atoms with van der Waals surface area (Å²) in [6.07, 6.45) is 1.26. The minimum atomic E-state index is 0.438. The van der Waals surface area contributed by atoms with Gasteiger partial charge in [0.1, 0.15) is 5.75 Å². The van der Waals surface area contributed by atoms with E-state index in [2.05, 4.69) is 18.7 Å². The summed E-state index contributed by atoms with van der Waals surface area (Å²) in [5, 5.41) is 0. The van der Waals surface area contributed by atoms with Gasteiger partial charge in [-0.05, 0) is 36.6 Å². The highest BCUT2D eigenvalue weighted by Gasteiger charge is 2.29. The molecule has 0 saturated carbocycles. The van der Waals surface area contributed by atoms with E-state index in [4.69, 9.17) is 10.5 Å². The van der Waals surface area contributed by atoms with Crippen molar-refractivity contribution >= 4 is 5.69 Å². The van der Waals surface area contributed by atoms with Crippen molar-refractivity contribution in [3.63, 3.8) is 0 Å². The van der Waals surface area contributed by atoms with Crippen LogP contribution in [-0.2, 0) is 6.54 Å². The van der Waals surface area contributed by atoms with Crippen molar-refractivity contribution in [2.45, 2.75) is 26.8 Å². The Morgan fingerprint density at radius 3 is 2.76 bits per heavy atom. The molecule has 3 heteroatoms. The molecule has 1 saturated heterocycles. The molecule has 0 aliphatic carbocycles. The second-order valence-corrected chi connectivity index (χ2v) is 5.70. The largest absolute Gasteiger partial charge is 0.496 e. The van der Waals surface area contributed by atoms with Crippen LogP contribution in [0.3, 0.4) is 0 Å². The molecular weight excluding hydrogens is 212 g/mol. The smallest absolute Gasteiger partial charge is 0.123 e. The van der Waals surface area contributed by atoms with Gasteiger partial charge >= 0.3 is 0 Å². The minimum absolute atomic E-state index is 0.438. The Morgan fingerprint density at radius 1 is 1.41 bits per heavy atom. The van der Waals surface area contributed by atoms with Crippen LogP contribution >= 0.6 is 0 Å². The maximum absolute atomic E-state index is 5.84. The Hall–Kier alpha value is -1.22. The van der Waals surface area contributed by atoms with Crippen LogP contribution in [0.5, 0.6) is 5.75 Å². The third-order valence-electron chi connectivity index (χ3n) is 3.45. The van der Waals surface area contributed by atoms with Gasteiger partial charge in [-0.2, -0.15) is 0 Å². The number of nitrogens with zero attached hydrogens (tertiary/aromatic N) is 1. The average molecular weight is 234 g/mol. The van der Waals surface area contributed by atoms with E-state index in [1.165, 1.54) is 12.0 Å². The van der Waals surface area contributed by atoms with Gasteiger partial charge in [0.15, 0.2) is 0 Å². The van der Waals surface area contributed by atoms with Crippen molar-refractivity contribution in [2.24, 2.45) is 5.41 Å². The second-order valence-electron chi connectivity index (χ2n) is 5.70. The zero-order valence-electron chi connectivity index (χ0n) is 11.0. The number of methoxy groups -OCH3 is 1. The van der Waals surface area contributed by atoms with Crippen LogP contribution in [0.15, 0.2) is 18.2 Å². The monoisotopic (exact) mass is 234 g/mol. The molecule has 2 N–H and O–H groups in total. The summed E-state index contributed by atoms with van der Waals surface area (Å²) in [6.45, 7) is 7.88. The van der Waals surface area contributed by atoms with E-state index in [0.717, 1.165) is 31.1 Å². The van der Waals surface area contributed by atoms with Crippen molar-refractivity contribution < 1.29 is 4.74 Å². The van der Waals surface area contributed by atoms with Gasteiger partial charge in [-0.1, -0.05) is 13.8 Å². The summed E-state index contributed by atoms with van der Waals surface area (Å²) in [5.41, 5.74) is 8.26. The van der Waals surface area contributed by atoms with Gasteiger partial charge in [-0.25, -0.2) is 0 Å². The number of anilines is 1. The van der Waals surface area contributed by atoms with E-state index in [0.29, 0.717) is 5.41 Å². The zero-order chi connectivity index (χ0) is 12.5. The Bertz CT molecular complexity index is 401. The van der Waals surface area contributed by atoms with E-state index in [-0.39, 0.29) is 0 Å². The first-order valence-corrected chi connectivity index (χ1v) is 6.15. The number of rotatable bonds is 3. The first-order chi connectivity index (χ1) is 8.00. The van der Waals surface area contributed by atoms with E-state index in [1.54, 1.807) is 7.11 Å². The van der Waals surface area contributed by atoms with Crippen molar-refractivity contribution in [1.29, 1.82) is 0 Å². The lowest BCUT2D eigenvalue weighted by Crippen LogP contribution is -2.23. The summed E-state index contributed by atoms with van der Waals surface area (Å²) in [6, 6.07) is 5.85. The van der Waals surface area contributed by atoms with Crippen LogP contribution in [0.1, 0.15) is 25.8 Å². The Morgan fingerprint density at radius 2 is 2.18 bits per heavy atom. The molecule has 1 fully saturated rings. The molecule has 1 aromatic carbocycles. The van der Waals surface area contributed by atoms with Crippen molar-refractivity contribution in [3.8, 4) is 5.75 Å². The quantitative estimate of drug-likeness (QED) is 0.817. The van der Waals surface area contributed by atoms with Gasteiger partial charge in [0.25, 0.3) is 0 Å². The van der Waals surface area contributed by atoms with Gasteiger partial charge in [0.05, 0.1) is 7.11 Å². The maximum atomic E-state index is 5.84. The molecule has 1 aliphatic heterocycles. The van der Waals surface area contributed by atoms with E-state index in [1.807, 2.05) is 18.2 Å². The Kier molecular flexibility index (Phi) is 3.29. The van der Waals surface area contributed by atoms with E-state index < -0.39 is 0 Å². The molecule has 0 amide bonds. The average Bonchev–Trinajstić information content (AvgIpc) is 2.58. The summed E-state index contributed by atoms with van der Waals surface area (Å²) in [5.74, 6) is 0.934. The highest BCUT2D eigenvalue weighted by atomic mass is 16.5. The molecule has 94 valence electrons. The molecule has 0 aromatic heterocycles. The maximum Gasteiger partial charge on any atom is 0.123 e. The van der Waals surface area contributed by atoms with Gasteiger partial charge < -0.3 is 10.5 Å². The number of nitrogen functional groups attached to an aromatic ring is 1. The zero-order valence-corrected chi connectivity index (χ0v) is 11.0. The molecule has 1 aromatic rings. The molecule has 17 heavy (non-hydrogen) atoms. The number of nitrogens with two attached hydrogens (primary N) is 1. The second kappa shape index (κ2) is 4.57. The molecule has 0 bridgehead atoms. The number of benzene rings is 1. The number of hydrogen-bond donors (Lipinski definition) is 1. The molecule has 3 nitrogen and oxygen atoms in total. The molecule has 0 spiro atoms. The van der Waals surface area contributed by atoms with Crippen molar-refractivity contribution in [3.05, 3.63) is 23.8 Å². The van der Waals surface area contributed by atoms with Crippen LogP contribution in [0.25, 0.3) is 0 Å². The molecule has 1 heterocycles. The highest BCUT2D eigenvalue weighted by molar-refractivity contribution is 5.47. The first kappa shape index (κ1) is 12.2. The molecular formula is C14H22N2O. The summed E-state index contributed by atoms with van der Waals surface area (Å²) in [4.78, 5) is 2.47. The third kappa shape index (κ3) is 2.91. The standard InChI is InChI=1S/C14H22N2O/c1-14(2)6-7-16(10-14)9-11-8-12(15)4-5-13(11)17-3/h4-5,8H,6-7,9-10,15H2,1-3H3. The SMILES string of the molecule is COc1ccc(N)cc1CN1CCC(C)(C)C1. The van der Waals surface area contributed by atoms with Gasteiger partial charge in [0, 0.05) is 24.3 Å². The van der Waals surface area contributed by atoms with Crippen molar-refractivity contribution in [2.75, 3.05) is 25.9 Å². The predicted octanol–water partition coefficient (Wildman–Crippen LogP) is 2.51. The first-order valence-electron chi connectivity index (χ1n) is 6.15. The summed E-state index contributed by atoms with van der Waals surface area (Å²) in [7, 11) is 1.71. The molecule has 0 atom stereocenters. The molecule has 2 rings (SSSR count). The van der Waals surface area contributed by atoms with Gasteiger partial charge in [-0.3, -0.25) is 4.90 Å². The summed E-state index contributed by atoms with van der Waals surface area (Å²) >= 11 is 0. The lowest BCUT2D eigenvalue weighted by Gasteiger charge is -2.20. The van der Waals surface area contributed by atoms with E-state index >= 15 is 0 Å². The number of hydrogen-bond acceptors (Lipinski definition) is 3.